The summed E-state index contributed by atoms with van der Waals surface area (Å²) in [5.41, 5.74) is 1.79. The summed E-state index contributed by atoms with van der Waals surface area (Å²) in [6.45, 7) is 7.41. The zero-order chi connectivity index (χ0) is 32.5. The highest BCUT2D eigenvalue weighted by Gasteiger charge is 2.46. The van der Waals surface area contributed by atoms with E-state index in [1.165, 1.54) is 16.2 Å². The molecule has 11 heteroatoms. The van der Waals surface area contributed by atoms with Crippen molar-refractivity contribution in [2.24, 2.45) is 5.41 Å². The molecule has 0 unspecified atom stereocenters. The van der Waals surface area contributed by atoms with Crippen LogP contribution in [0.5, 0.6) is 5.75 Å². The van der Waals surface area contributed by atoms with Crippen LogP contribution in [0.1, 0.15) is 56.2 Å². The third kappa shape index (κ3) is 7.47. The van der Waals surface area contributed by atoms with Gasteiger partial charge < -0.3 is 24.6 Å². The van der Waals surface area contributed by atoms with Gasteiger partial charge in [0.1, 0.15) is 16.4 Å². The number of esters is 1. The number of amides is 1. The van der Waals surface area contributed by atoms with E-state index in [-0.39, 0.29) is 31.7 Å². The minimum absolute atomic E-state index is 0.102. The van der Waals surface area contributed by atoms with E-state index in [9.17, 15) is 18.4 Å². The Morgan fingerprint density at radius 3 is 2.31 bits per heavy atom. The van der Waals surface area contributed by atoms with Gasteiger partial charge in [-0.05, 0) is 69.0 Å². The van der Waals surface area contributed by atoms with Gasteiger partial charge in [0.2, 0.25) is 5.91 Å². The largest absolute Gasteiger partial charge is 0.496 e. The Labute approximate surface area is 267 Å². The molecule has 2 aromatic carbocycles. The van der Waals surface area contributed by atoms with Crippen LogP contribution in [0.15, 0.2) is 35.7 Å². The first kappa shape index (κ1) is 32.8. The molecule has 2 aliphatic rings. The number of nitrogens with zero attached hydrogens (tertiary/aromatic N) is 2. The number of methoxy groups -OCH3 is 1. The number of quaternary nitrogens is 1. The van der Waals surface area contributed by atoms with Gasteiger partial charge in [-0.1, -0.05) is 0 Å². The summed E-state index contributed by atoms with van der Waals surface area (Å²) in [6, 6.07) is 9.10. The number of anilines is 1. The van der Waals surface area contributed by atoms with Crippen molar-refractivity contribution in [3.63, 3.8) is 0 Å². The molecule has 0 radical (unpaired) electrons. The van der Waals surface area contributed by atoms with Gasteiger partial charge in [0.05, 0.1) is 51.3 Å². The van der Waals surface area contributed by atoms with Crippen molar-refractivity contribution >= 4 is 28.9 Å². The fourth-order valence-corrected chi connectivity index (χ4v) is 7.17. The number of piperidine rings is 1. The van der Waals surface area contributed by atoms with Crippen LogP contribution >= 0.6 is 11.3 Å². The van der Waals surface area contributed by atoms with Crippen LogP contribution in [0.3, 0.4) is 0 Å². The first-order valence-electron chi connectivity index (χ1n) is 15.4. The molecule has 0 atom stereocenters. The van der Waals surface area contributed by atoms with Crippen molar-refractivity contribution in [2.75, 3.05) is 39.2 Å². The number of carbonyl (C=O) groups excluding carboxylic acids is 2. The normalized spacial score (nSPS) is 16.5. The van der Waals surface area contributed by atoms with Gasteiger partial charge in [-0.25, -0.2) is 13.8 Å². The van der Waals surface area contributed by atoms with Gasteiger partial charge >= 0.3 is 5.97 Å². The maximum absolute atomic E-state index is 14.0. The third-order valence-electron chi connectivity index (χ3n) is 8.77. The Bertz CT molecular complexity index is 1530. The van der Waals surface area contributed by atoms with Crippen molar-refractivity contribution in [1.29, 1.82) is 0 Å². The van der Waals surface area contributed by atoms with Crippen LogP contribution in [0.25, 0.3) is 11.3 Å². The predicted molar refractivity (Wildman–Crippen MR) is 171 cm³/mol. The van der Waals surface area contributed by atoms with Gasteiger partial charge in [0, 0.05) is 48.6 Å². The average Bonchev–Trinajstić information content (AvgIpc) is 3.59. The van der Waals surface area contributed by atoms with E-state index < -0.39 is 28.6 Å². The third-order valence-corrected chi connectivity index (χ3v) is 9.62. The molecule has 1 aliphatic carbocycles. The monoisotopic (exact) mass is 641 g/mol. The molecule has 1 aromatic heterocycles. The van der Waals surface area contributed by atoms with Gasteiger partial charge in [-0.15, -0.1) is 11.3 Å². The molecule has 0 saturated carbocycles. The number of thiazole rings is 1. The number of rotatable bonds is 9. The number of benzene rings is 2. The Balaban J connectivity index is 1.29. The summed E-state index contributed by atoms with van der Waals surface area (Å²) in [4.78, 5) is 35.3. The van der Waals surface area contributed by atoms with Crippen LogP contribution in [-0.2, 0) is 33.7 Å². The van der Waals surface area contributed by atoms with E-state index in [4.69, 9.17) is 14.5 Å². The summed E-state index contributed by atoms with van der Waals surface area (Å²) in [6.07, 6.45) is 2.28. The van der Waals surface area contributed by atoms with Crippen molar-refractivity contribution in [1.82, 2.24) is 10.3 Å². The number of hydrogen-bond donors (Lipinski definition) is 2. The zero-order valence-electron chi connectivity index (χ0n) is 26.9. The van der Waals surface area contributed by atoms with E-state index in [0.29, 0.717) is 22.2 Å². The Kier molecular flexibility index (Phi) is 9.51. The van der Waals surface area contributed by atoms with Gasteiger partial charge in [-0.3, -0.25) is 9.59 Å². The minimum Gasteiger partial charge on any atom is -0.496 e. The van der Waals surface area contributed by atoms with E-state index in [1.54, 1.807) is 27.9 Å². The molecule has 1 aliphatic heterocycles. The quantitative estimate of drug-likeness (QED) is 0.339. The highest BCUT2D eigenvalue weighted by atomic mass is 32.1. The molecule has 0 bridgehead atoms. The van der Waals surface area contributed by atoms with E-state index in [2.05, 4.69) is 36.4 Å². The topological polar surface area (TPSA) is 85.2 Å². The lowest BCUT2D eigenvalue weighted by Crippen LogP contribution is -3.10. The number of ether oxygens (including phenoxy) is 2. The predicted octanol–water partition coefficient (Wildman–Crippen LogP) is 4.34. The lowest BCUT2D eigenvalue weighted by Gasteiger charge is -2.34. The zero-order valence-corrected chi connectivity index (χ0v) is 27.7. The second-order valence-electron chi connectivity index (χ2n) is 13.5. The fraction of sp³-hybridized carbons (Fsp3) is 0.500. The second-order valence-corrected chi connectivity index (χ2v) is 14.4. The van der Waals surface area contributed by atoms with E-state index >= 15 is 0 Å². The summed E-state index contributed by atoms with van der Waals surface area (Å²) >= 11 is 1.41. The molecule has 1 saturated heterocycles. The second kappa shape index (κ2) is 13.0. The molecule has 2 N–H and O–H groups in total. The van der Waals surface area contributed by atoms with Crippen molar-refractivity contribution in [2.45, 2.75) is 71.1 Å². The van der Waals surface area contributed by atoms with Crippen LogP contribution in [0.2, 0.25) is 0 Å². The number of aromatic nitrogens is 1. The van der Waals surface area contributed by atoms with Crippen LogP contribution < -0.4 is 19.9 Å². The molecule has 2 heterocycles. The number of carbonyl (C=O) groups is 2. The first-order valence-corrected chi connectivity index (χ1v) is 16.3. The first-order chi connectivity index (χ1) is 21.3. The number of halogens is 2. The molecular weight excluding hydrogens is 598 g/mol. The van der Waals surface area contributed by atoms with Crippen LogP contribution in [-0.4, -0.2) is 62.8 Å². The highest BCUT2D eigenvalue weighted by Crippen LogP contribution is 2.42. The Morgan fingerprint density at radius 2 is 1.73 bits per heavy atom. The number of nitrogens with one attached hydrogen (secondary N) is 2. The smallest absolute Gasteiger partial charge is 0.307 e. The Morgan fingerprint density at radius 1 is 1.09 bits per heavy atom. The van der Waals surface area contributed by atoms with Crippen molar-refractivity contribution in [3.8, 4) is 17.0 Å². The summed E-state index contributed by atoms with van der Waals surface area (Å²) in [5.74, 6) is -2.15. The van der Waals surface area contributed by atoms with Crippen LogP contribution in [0, 0.1) is 17.0 Å². The molecule has 1 amide bonds. The lowest BCUT2D eigenvalue weighted by atomic mass is 9.80. The molecule has 0 spiro atoms. The van der Waals surface area contributed by atoms with Gasteiger partial charge in [-0.2, -0.15) is 0 Å². The van der Waals surface area contributed by atoms with E-state index in [0.717, 1.165) is 60.8 Å². The summed E-state index contributed by atoms with van der Waals surface area (Å²) in [7, 11) is 6.08. The standard InChI is InChI=1S/C34H42F2N4O4S/c1-33(2,3)44-31(41)18-34(16-21-13-26(35)27(36)14-22(21)17-34)32(42)37-19-30-38-28(20-45-30)25-8-7-24(15-29(25)43-6)40-11-9-23(10-12-40)39(4)5/h7-8,13-15,20,23H,9-12,16-19H2,1-6H3,(H,37,42)/p+1. The summed E-state index contributed by atoms with van der Waals surface area (Å²) < 4.78 is 39.4. The molecule has 242 valence electrons. The highest BCUT2D eigenvalue weighted by molar-refractivity contribution is 7.09. The molecule has 45 heavy (non-hydrogen) atoms. The Hall–Kier alpha value is -3.57. The average molecular weight is 642 g/mol. The number of hydrogen-bond acceptors (Lipinski definition) is 7. The van der Waals surface area contributed by atoms with Gasteiger partial charge in [0.15, 0.2) is 11.6 Å². The van der Waals surface area contributed by atoms with Crippen molar-refractivity contribution < 1.29 is 32.7 Å². The number of fused-ring (bicyclic) bond motifs is 1. The maximum Gasteiger partial charge on any atom is 0.307 e. The van der Waals surface area contributed by atoms with Gasteiger partial charge in [0.25, 0.3) is 0 Å². The minimum atomic E-state index is -1.23. The molecule has 1 fully saturated rings. The SMILES string of the molecule is COc1cc(N2CCC([NH+](C)C)CC2)ccc1-c1csc(CNC(=O)C2(CC(=O)OC(C)(C)C)Cc3cc(F)c(F)cc3C2)n1. The van der Waals surface area contributed by atoms with Crippen LogP contribution in [0.4, 0.5) is 14.5 Å². The molecule has 5 rings (SSSR count). The van der Waals surface area contributed by atoms with Crippen molar-refractivity contribution in [3.05, 3.63) is 63.5 Å². The maximum atomic E-state index is 14.0. The van der Waals surface area contributed by atoms with E-state index in [1.807, 2.05) is 11.4 Å². The fourth-order valence-electron chi connectivity index (χ4n) is 6.43. The summed E-state index contributed by atoms with van der Waals surface area (Å²) in [5, 5.41) is 5.55. The molecule has 8 nitrogen and oxygen atoms in total. The molecule has 3 aromatic rings. The lowest BCUT2D eigenvalue weighted by molar-refractivity contribution is -0.886. The molecular formula is C34H43F2N4O4S+.